The Kier molecular flexibility index (Phi) is 8.19. The minimum Gasteiger partial charge on any atom is -0.497 e. The molecule has 0 saturated carbocycles. The smallest absolute Gasteiger partial charge is 0.237 e. The first-order chi connectivity index (χ1) is 8.58. The van der Waals surface area contributed by atoms with Crippen molar-refractivity contribution in [2.24, 2.45) is 11.7 Å². The summed E-state index contributed by atoms with van der Waals surface area (Å²) in [5.41, 5.74) is 6.88. The van der Waals surface area contributed by atoms with Crippen LogP contribution in [0.25, 0.3) is 0 Å². The van der Waals surface area contributed by atoms with E-state index in [1.165, 1.54) is 0 Å². The summed E-state index contributed by atoms with van der Waals surface area (Å²) in [5.74, 6) is 0.905. The number of carbonyl (C=O) groups is 1. The first kappa shape index (κ1) is 17.7. The van der Waals surface area contributed by atoms with E-state index in [0.717, 1.165) is 17.7 Å². The lowest BCUT2D eigenvalue weighted by Crippen LogP contribution is -2.44. The highest BCUT2D eigenvalue weighted by Gasteiger charge is 2.18. The molecule has 19 heavy (non-hydrogen) atoms. The minimum absolute atomic E-state index is 0. The second kappa shape index (κ2) is 8.77. The molecule has 3 N–H and O–H groups in total. The van der Waals surface area contributed by atoms with E-state index in [-0.39, 0.29) is 24.2 Å². The maximum absolute atomic E-state index is 11.8. The normalized spacial score (nSPS) is 13.1. The van der Waals surface area contributed by atoms with Crippen molar-refractivity contribution in [3.05, 3.63) is 29.8 Å². The van der Waals surface area contributed by atoms with Crippen LogP contribution < -0.4 is 15.8 Å². The maximum atomic E-state index is 11.8. The van der Waals surface area contributed by atoms with Gasteiger partial charge in [0.05, 0.1) is 13.2 Å². The SMILES string of the molecule is CCC(C)C(N)C(=O)NCc1ccc(OC)cc1.Cl. The number of nitrogens with one attached hydrogen (secondary N) is 1. The molecule has 5 heteroatoms. The number of hydrogen-bond donors (Lipinski definition) is 2. The molecule has 0 bridgehead atoms. The molecule has 1 rings (SSSR count). The predicted octanol–water partition coefficient (Wildman–Crippen LogP) is 2.11. The number of halogens is 1. The van der Waals surface area contributed by atoms with Crippen molar-refractivity contribution in [3.8, 4) is 5.75 Å². The van der Waals surface area contributed by atoms with Crippen LogP contribution in [0.3, 0.4) is 0 Å². The molecule has 1 amide bonds. The number of rotatable bonds is 6. The van der Waals surface area contributed by atoms with Crippen molar-refractivity contribution in [1.82, 2.24) is 5.32 Å². The van der Waals surface area contributed by atoms with Gasteiger partial charge in [-0.1, -0.05) is 32.4 Å². The second-order valence-electron chi connectivity index (χ2n) is 4.48. The van der Waals surface area contributed by atoms with Crippen molar-refractivity contribution in [3.63, 3.8) is 0 Å². The molecular weight excluding hydrogens is 264 g/mol. The van der Waals surface area contributed by atoms with Gasteiger partial charge >= 0.3 is 0 Å². The van der Waals surface area contributed by atoms with E-state index in [0.29, 0.717) is 6.54 Å². The van der Waals surface area contributed by atoms with E-state index in [9.17, 15) is 4.79 Å². The molecule has 1 aromatic rings. The Bertz CT molecular complexity index is 382. The molecule has 1 aromatic carbocycles. The summed E-state index contributed by atoms with van der Waals surface area (Å²) >= 11 is 0. The Labute approximate surface area is 121 Å². The molecule has 2 unspecified atom stereocenters. The lowest BCUT2D eigenvalue weighted by atomic mass is 9.99. The lowest BCUT2D eigenvalue weighted by Gasteiger charge is -2.17. The van der Waals surface area contributed by atoms with Crippen molar-refractivity contribution >= 4 is 18.3 Å². The van der Waals surface area contributed by atoms with Crippen LogP contribution in [0.5, 0.6) is 5.75 Å². The van der Waals surface area contributed by atoms with Gasteiger partial charge in [-0.15, -0.1) is 12.4 Å². The molecule has 108 valence electrons. The number of methoxy groups -OCH3 is 1. The molecule has 0 radical (unpaired) electrons. The number of amides is 1. The van der Waals surface area contributed by atoms with Gasteiger partial charge in [0.2, 0.25) is 5.91 Å². The van der Waals surface area contributed by atoms with Gasteiger partial charge in [0, 0.05) is 6.54 Å². The lowest BCUT2D eigenvalue weighted by molar-refractivity contribution is -0.123. The number of ether oxygens (including phenoxy) is 1. The monoisotopic (exact) mass is 286 g/mol. The van der Waals surface area contributed by atoms with Gasteiger partial charge in [-0.2, -0.15) is 0 Å². The number of carbonyl (C=O) groups excluding carboxylic acids is 1. The summed E-state index contributed by atoms with van der Waals surface area (Å²) in [7, 11) is 1.63. The summed E-state index contributed by atoms with van der Waals surface area (Å²) in [6.07, 6.45) is 0.900. The summed E-state index contributed by atoms with van der Waals surface area (Å²) in [6.45, 7) is 4.51. The van der Waals surface area contributed by atoms with Gasteiger partial charge in [-0.05, 0) is 23.6 Å². The van der Waals surface area contributed by atoms with Crippen molar-refractivity contribution in [1.29, 1.82) is 0 Å². The van der Waals surface area contributed by atoms with Crippen LogP contribution in [-0.4, -0.2) is 19.1 Å². The molecular formula is C14H23ClN2O2. The quantitative estimate of drug-likeness (QED) is 0.842. The molecule has 0 spiro atoms. The Morgan fingerprint density at radius 1 is 1.37 bits per heavy atom. The predicted molar refractivity (Wildman–Crippen MR) is 79.5 cm³/mol. The molecule has 0 fully saturated rings. The van der Waals surface area contributed by atoms with Crippen LogP contribution in [0, 0.1) is 5.92 Å². The van der Waals surface area contributed by atoms with Gasteiger partial charge in [0.15, 0.2) is 0 Å². The largest absolute Gasteiger partial charge is 0.497 e. The average Bonchev–Trinajstić information content (AvgIpc) is 2.43. The summed E-state index contributed by atoms with van der Waals surface area (Å²) in [4.78, 5) is 11.8. The molecule has 4 nitrogen and oxygen atoms in total. The van der Waals surface area contributed by atoms with E-state index in [4.69, 9.17) is 10.5 Å². The summed E-state index contributed by atoms with van der Waals surface area (Å²) < 4.78 is 5.07. The zero-order chi connectivity index (χ0) is 13.5. The van der Waals surface area contributed by atoms with Crippen molar-refractivity contribution in [2.45, 2.75) is 32.9 Å². The molecule has 0 heterocycles. The first-order valence-corrected chi connectivity index (χ1v) is 6.24. The minimum atomic E-state index is -0.437. The van der Waals surface area contributed by atoms with Gasteiger partial charge in [-0.25, -0.2) is 0 Å². The van der Waals surface area contributed by atoms with Crippen molar-refractivity contribution < 1.29 is 9.53 Å². The molecule has 0 aliphatic heterocycles. The molecule has 0 aliphatic rings. The van der Waals surface area contributed by atoms with E-state index < -0.39 is 6.04 Å². The molecule has 2 atom stereocenters. The summed E-state index contributed by atoms with van der Waals surface area (Å²) in [5, 5.41) is 2.85. The Morgan fingerprint density at radius 2 is 1.95 bits per heavy atom. The van der Waals surface area contributed by atoms with Crippen LogP contribution in [0.1, 0.15) is 25.8 Å². The van der Waals surface area contributed by atoms with Crippen LogP contribution in [0.2, 0.25) is 0 Å². The standard InChI is InChI=1S/C14H22N2O2.ClH/c1-4-10(2)13(15)14(17)16-9-11-5-7-12(18-3)8-6-11;/h5-8,10,13H,4,9,15H2,1-3H3,(H,16,17);1H. The van der Waals surface area contributed by atoms with Gasteiger partial charge in [-0.3, -0.25) is 4.79 Å². The fourth-order valence-corrected chi connectivity index (χ4v) is 1.56. The number of benzene rings is 1. The maximum Gasteiger partial charge on any atom is 0.237 e. The van der Waals surface area contributed by atoms with E-state index in [1.54, 1.807) is 7.11 Å². The van der Waals surface area contributed by atoms with Crippen molar-refractivity contribution in [2.75, 3.05) is 7.11 Å². The van der Waals surface area contributed by atoms with Gasteiger partial charge in [0.1, 0.15) is 5.75 Å². The number of hydrogen-bond acceptors (Lipinski definition) is 3. The topological polar surface area (TPSA) is 64.4 Å². The fraction of sp³-hybridized carbons (Fsp3) is 0.500. The van der Waals surface area contributed by atoms with Crippen LogP contribution in [-0.2, 0) is 11.3 Å². The highest BCUT2D eigenvalue weighted by Crippen LogP contribution is 2.11. The summed E-state index contributed by atoms with van der Waals surface area (Å²) in [6, 6.07) is 7.15. The van der Waals surface area contributed by atoms with Gasteiger partial charge in [0.25, 0.3) is 0 Å². The van der Waals surface area contributed by atoms with Crippen LogP contribution in [0.15, 0.2) is 24.3 Å². The Balaban J connectivity index is 0.00000324. The highest BCUT2D eigenvalue weighted by atomic mass is 35.5. The average molecular weight is 287 g/mol. The molecule has 0 aromatic heterocycles. The second-order valence-corrected chi connectivity index (χ2v) is 4.48. The third-order valence-electron chi connectivity index (χ3n) is 3.19. The van der Waals surface area contributed by atoms with E-state index in [1.807, 2.05) is 38.1 Å². The van der Waals surface area contributed by atoms with Crippen LogP contribution in [0.4, 0.5) is 0 Å². The van der Waals surface area contributed by atoms with E-state index in [2.05, 4.69) is 5.32 Å². The van der Waals surface area contributed by atoms with Gasteiger partial charge < -0.3 is 15.8 Å². The van der Waals surface area contributed by atoms with E-state index >= 15 is 0 Å². The highest BCUT2D eigenvalue weighted by molar-refractivity contribution is 5.85. The van der Waals surface area contributed by atoms with Crippen LogP contribution >= 0.6 is 12.4 Å². The zero-order valence-electron chi connectivity index (χ0n) is 11.7. The third kappa shape index (κ3) is 5.49. The zero-order valence-corrected chi connectivity index (χ0v) is 12.5. The number of nitrogens with two attached hydrogens (primary N) is 1. The molecule has 0 aliphatic carbocycles. The fourth-order valence-electron chi connectivity index (χ4n) is 1.56. The first-order valence-electron chi connectivity index (χ1n) is 6.24. The Morgan fingerprint density at radius 3 is 2.42 bits per heavy atom. The Hall–Kier alpha value is -1.26. The third-order valence-corrected chi connectivity index (χ3v) is 3.19. The molecule has 0 saturated heterocycles.